The van der Waals surface area contributed by atoms with Crippen molar-refractivity contribution in [3.8, 4) is 17.2 Å². The summed E-state index contributed by atoms with van der Waals surface area (Å²) in [5, 5.41) is 21.9. The number of fused-ring (bicyclic) bond motifs is 5. The molecule has 3 aromatic heterocycles. The van der Waals surface area contributed by atoms with Crippen molar-refractivity contribution in [2.45, 2.75) is 44.4 Å². The van der Waals surface area contributed by atoms with Gasteiger partial charge in [-0.1, -0.05) is 19.9 Å². The highest BCUT2D eigenvalue weighted by molar-refractivity contribution is 7.90. The molecule has 39 heavy (non-hydrogen) atoms. The van der Waals surface area contributed by atoms with Crippen LogP contribution in [0.4, 0.5) is 8.78 Å². The zero-order valence-electron chi connectivity index (χ0n) is 21.5. The second-order valence-electron chi connectivity index (χ2n) is 10.7. The van der Waals surface area contributed by atoms with Crippen molar-refractivity contribution in [3.05, 3.63) is 82.5 Å². The van der Waals surface area contributed by atoms with E-state index >= 15 is 0 Å². The van der Waals surface area contributed by atoms with Gasteiger partial charge in [0, 0.05) is 30.0 Å². The largest absolute Gasteiger partial charge is 0.594 e. The molecule has 2 atom stereocenters. The average Bonchev–Trinajstić information content (AvgIpc) is 3.50. The molecule has 2 aliphatic carbocycles. The minimum absolute atomic E-state index is 0.0119. The van der Waals surface area contributed by atoms with Crippen molar-refractivity contribution in [1.29, 1.82) is 0 Å². The molecule has 0 amide bonds. The molecule has 2 aliphatic rings. The molecule has 0 spiro atoms. The number of rotatable bonds is 6. The van der Waals surface area contributed by atoms with Crippen molar-refractivity contribution >= 4 is 9.84 Å². The van der Waals surface area contributed by atoms with Gasteiger partial charge in [-0.3, -0.25) is 0 Å². The van der Waals surface area contributed by atoms with Gasteiger partial charge in [0.15, 0.2) is 5.82 Å². The molecule has 0 N–H and O–H groups in total. The second-order valence-corrected chi connectivity index (χ2v) is 13.0. The maximum atomic E-state index is 14.6. The summed E-state index contributed by atoms with van der Waals surface area (Å²) < 4.78 is 53.6. The van der Waals surface area contributed by atoms with Crippen molar-refractivity contribution < 1.29 is 22.0 Å². The number of aryl methyl sites for hydroxylation is 1. The molecule has 1 saturated carbocycles. The van der Waals surface area contributed by atoms with Gasteiger partial charge in [-0.25, -0.2) is 32.2 Å². The summed E-state index contributed by atoms with van der Waals surface area (Å²) in [5.74, 6) is -1.16. The fraction of sp³-hybridized carbons (Fsp3) is 0.385. The first-order valence-corrected chi connectivity index (χ1v) is 14.5. The van der Waals surface area contributed by atoms with Gasteiger partial charge in [0.25, 0.3) is 11.6 Å². The third-order valence-corrected chi connectivity index (χ3v) is 9.21. The highest BCUT2D eigenvalue weighted by atomic mass is 32.2. The van der Waals surface area contributed by atoms with Crippen LogP contribution in [0.2, 0.25) is 0 Å². The van der Waals surface area contributed by atoms with Gasteiger partial charge in [0.05, 0.1) is 16.9 Å². The Bertz CT molecular complexity index is 1720. The Morgan fingerprint density at radius 1 is 1.18 bits per heavy atom. The quantitative estimate of drug-likeness (QED) is 0.263. The van der Waals surface area contributed by atoms with Crippen LogP contribution in [-0.4, -0.2) is 50.3 Å². The molecule has 0 aliphatic heterocycles. The second kappa shape index (κ2) is 8.57. The van der Waals surface area contributed by atoms with E-state index in [1.807, 2.05) is 0 Å². The number of aromatic nitrogens is 7. The lowest BCUT2D eigenvalue weighted by molar-refractivity contribution is -0.659. The molecule has 10 nitrogen and oxygen atoms in total. The van der Waals surface area contributed by atoms with E-state index in [1.165, 1.54) is 17.1 Å². The van der Waals surface area contributed by atoms with Crippen LogP contribution < -0.4 is 4.85 Å². The number of benzene rings is 1. The number of halogens is 2. The summed E-state index contributed by atoms with van der Waals surface area (Å²) >= 11 is 0. The summed E-state index contributed by atoms with van der Waals surface area (Å²) in [6.07, 6.45) is 5.80. The Kier molecular flexibility index (Phi) is 5.58. The predicted octanol–water partition coefficient (Wildman–Crippen LogP) is 2.82. The molecule has 0 unspecified atom stereocenters. The molecule has 0 saturated heterocycles. The van der Waals surface area contributed by atoms with Crippen LogP contribution in [0.3, 0.4) is 0 Å². The van der Waals surface area contributed by atoms with Gasteiger partial charge in [-0.05, 0) is 52.8 Å². The fourth-order valence-electron chi connectivity index (χ4n) is 6.35. The summed E-state index contributed by atoms with van der Waals surface area (Å²) in [6.45, 7) is 4.18. The molecule has 0 radical (unpaired) electrons. The van der Waals surface area contributed by atoms with Gasteiger partial charge in [0.1, 0.15) is 39.1 Å². The van der Waals surface area contributed by atoms with Gasteiger partial charge >= 0.3 is 0 Å². The predicted molar refractivity (Wildman–Crippen MR) is 135 cm³/mol. The average molecular weight is 554 g/mol. The third kappa shape index (κ3) is 3.81. The lowest BCUT2D eigenvalue weighted by Gasteiger charge is -2.36. The minimum atomic E-state index is -3.17. The van der Waals surface area contributed by atoms with Crippen LogP contribution in [0.15, 0.2) is 42.9 Å². The lowest BCUT2D eigenvalue weighted by atomic mass is 9.66. The SMILES string of the molecule is CC1(C)[C@H]2CC[C@]1(c1ccnc(-n3cnc(CCS(C)(=O)=O)n3)n1)c1n[n+]([O-])c(-c3c(F)cccc3F)cc12. The van der Waals surface area contributed by atoms with Crippen LogP contribution in [0.5, 0.6) is 0 Å². The van der Waals surface area contributed by atoms with Crippen molar-refractivity contribution in [3.63, 3.8) is 0 Å². The maximum absolute atomic E-state index is 14.6. The molecular weight excluding hydrogens is 528 g/mol. The molecule has 1 aromatic carbocycles. The minimum Gasteiger partial charge on any atom is -0.594 e. The first-order chi connectivity index (χ1) is 18.4. The van der Waals surface area contributed by atoms with Crippen molar-refractivity contribution in [2.24, 2.45) is 5.41 Å². The number of hydrogen-bond donors (Lipinski definition) is 0. The van der Waals surface area contributed by atoms with Crippen LogP contribution in [0, 0.1) is 22.3 Å². The molecular formula is C26H25F2N7O3S. The molecule has 4 aromatic rings. The molecule has 2 bridgehead atoms. The van der Waals surface area contributed by atoms with E-state index in [-0.39, 0.29) is 29.7 Å². The Balaban J connectivity index is 1.44. The Morgan fingerprint density at radius 2 is 1.92 bits per heavy atom. The van der Waals surface area contributed by atoms with Crippen LogP contribution in [0.1, 0.15) is 55.4 Å². The topological polar surface area (TPSA) is 130 Å². The number of nitrogens with zero attached hydrogens (tertiary/aromatic N) is 7. The summed E-state index contributed by atoms with van der Waals surface area (Å²) in [5.41, 5.74) is 0.217. The number of sulfone groups is 1. The van der Waals surface area contributed by atoms with E-state index in [1.54, 1.807) is 18.3 Å². The molecule has 202 valence electrons. The van der Waals surface area contributed by atoms with Crippen molar-refractivity contribution in [1.82, 2.24) is 29.8 Å². The van der Waals surface area contributed by atoms with Gasteiger partial charge in [-0.2, -0.15) is 4.68 Å². The van der Waals surface area contributed by atoms with E-state index in [0.717, 1.165) is 30.4 Å². The summed E-state index contributed by atoms with van der Waals surface area (Å²) in [4.78, 5) is 13.6. The smallest absolute Gasteiger partial charge is 0.258 e. The van der Waals surface area contributed by atoms with E-state index < -0.39 is 37.9 Å². The summed E-state index contributed by atoms with van der Waals surface area (Å²) in [6, 6.07) is 6.83. The lowest BCUT2D eigenvalue weighted by Crippen LogP contribution is -2.43. The first-order valence-electron chi connectivity index (χ1n) is 12.4. The van der Waals surface area contributed by atoms with Gasteiger partial charge in [0.2, 0.25) is 0 Å². The van der Waals surface area contributed by atoms with E-state index in [4.69, 9.17) is 4.98 Å². The first kappa shape index (κ1) is 25.4. The summed E-state index contributed by atoms with van der Waals surface area (Å²) in [7, 11) is -3.17. The molecule has 3 heterocycles. The Morgan fingerprint density at radius 3 is 2.64 bits per heavy atom. The molecule has 6 rings (SSSR count). The maximum Gasteiger partial charge on any atom is 0.258 e. The van der Waals surface area contributed by atoms with Gasteiger partial charge < -0.3 is 5.21 Å². The van der Waals surface area contributed by atoms with E-state index in [9.17, 15) is 22.4 Å². The van der Waals surface area contributed by atoms with Crippen LogP contribution in [-0.2, 0) is 21.7 Å². The zero-order valence-corrected chi connectivity index (χ0v) is 22.3. The molecule has 1 fully saturated rings. The van der Waals surface area contributed by atoms with E-state index in [0.29, 0.717) is 28.5 Å². The highest BCUT2D eigenvalue weighted by Crippen LogP contribution is 2.69. The zero-order chi connectivity index (χ0) is 27.7. The van der Waals surface area contributed by atoms with Crippen LogP contribution >= 0.6 is 0 Å². The third-order valence-electron chi connectivity index (χ3n) is 8.26. The van der Waals surface area contributed by atoms with Gasteiger partial charge in [-0.15, -0.1) is 5.10 Å². The fourth-order valence-corrected chi connectivity index (χ4v) is 6.90. The van der Waals surface area contributed by atoms with Crippen molar-refractivity contribution in [2.75, 3.05) is 12.0 Å². The molecule has 13 heteroatoms. The Hall–Kier alpha value is -3.87. The monoisotopic (exact) mass is 553 g/mol. The van der Waals surface area contributed by atoms with Crippen LogP contribution in [0.25, 0.3) is 17.2 Å². The number of hydrogen-bond acceptors (Lipinski definition) is 8. The van der Waals surface area contributed by atoms with E-state index in [2.05, 4.69) is 34.0 Å². The standard InChI is InChI=1S/C26H25F2N7O3S/c1-25(2)16-7-10-26(25,23-15(16)13-19(35(36)33-23)22-17(27)5-4-6-18(22)28)20-8-11-29-24(31-20)34-14-30-21(32-34)9-12-39(3,37)38/h4-6,8,11,13-14,16H,7,9-10,12H2,1-3H3/t16-,26-/m0/s1. The highest BCUT2D eigenvalue weighted by Gasteiger charge is 2.66. The Labute approximate surface area is 223 Å². The normalized spacial score (nSPS) is 21.3.